The van der Waals surface area contributed by atoms with Crippen LogP contribution in [0, 0.1) is 5.41 Å². The van der Waals surface area contributed by atoms with Crippen molar-refractivity contribution in [3.05, 3.63) is 47.3 Å². The van der Waals surface area contributed by atoms with Crippen LogP contribution in [0.5, 0.6) is 0 Å². The summed E-state index contributed by atoms with van der Waals surface area (Å²) in [6, 6.07) is 6.37. The van der Waals surface area contributed by atoms with E-state index >= 15 is 0 Å². The number of pyridine rings is 1. The molecule has 0 aliphatic rings. The van der Waals surface area contributed by atoms with E-state index in [9.17, 15) is 0 Å². The molecule has 0 aliphatic carbocycles. The largest absolute Gasteiger partial charge is 0.376 e. The fourth-order valence-corrected chi connectivity index (χ4v) is 2.63. The maximum atomic E-state index is 5.96. The molecule has 134 valence electrons. The highest BCUT2D eigenvalue weighted by Crippen LogP contribution is 2.36. The molecule has 1 heterocycles. The summed E-state index contributed by atoms with van der Waals surface area (Å²) >= 11 is 0. The maximum Gasteiger partial charge on any atom is 0.212 e. The van der Waals surface area contributed by atoms with E-state index in [0.29, 0.717) is 0 Å². The molecular formula is C22H36NO+. The Morgan fingerprint density at radius 1 is 1.08 bits per heavy atom. The van der Waals surface area contributed by atoms with Crippen LogP contribution in [-0.2, 0) is 11.8 Å². The van der Waals surface area contributed by atoms with Crippen LogP contribution in [0.4, 0.5) is 0 Å². The van der Waals surface area contributed by atoms with Crippen LogP contribution in [0.2, 0.25) is 0 Å². The molecule has 24 heavy (non-hydrogen) atoms. The summed E-state index contributed by atoms with van der Waals surface area (Å²) in [6.07, 6.45) is 5.42. The lowest BCUT2D eigenvalue weighted by atomic mass is 9.78. The summed E-state index contributed by atoms with van der Waals surface area (Å²) in [5.41, 5.74) is 5.29. The van der Waals surface area contributed by atoms with Crippen LogP contribution in [0.3, 0.4) is 0 Å². The first-order valence-corrected chi connectivity index (χ1v) is 8.89. The van der Waals surface area contributed by atoms with E-state index in [2.05, 4.69) is 97.5 Å². The number of allylic oxidation sites excluding steroid dienone is 4. The Kier molecular flexibility index (Phi) is 6.97. The summed E-state index contributed by atoms with van der Waals surface area (Å²) in [5, 5.41) is 0. The van der Waals surface area contributed by atoms with Crippen LogP contribution >= 0.6 is 0 Å². The Labute approximate surface area is 149 Å². The standard InChI is InChI=1S/C22H36NO/c1-17(2)16-19(20-12-10-11-14-23(20)9)18(3)22(7,8)13-15-24-21(4,5)6/h10-12,14,16H,13,15H2,1-9H3/q+1/b19-18-. The Morgan fingerprint density at radius 2 is 1.71 bits per heavy atom. The molecular weight excluding hydrogens is 294 g/mol. The van der Waals surface area contributed by atoms with Crippen LogP contribution < -0.4 is 4.57 Å². The van der Waals surface area contributed by atoms with Gasteiger partial charge in [0.25, 0.3) is 0 Å². The van der Waals surface area contributed by atoms with Crippen molar-refractivity contribution in [3.63, 3.8) is 0 Å². The second-order valence-corrected chi connectivity index (χ2v) is 8.55. The van der Waals surface area contributed by atoms with Crippen LogP contribution in [0.1, 0.15) is 67.5 Å². The molecule has 0 atom stereocenters. The lowest BCUT2D eigenvalue weighted by Gasteiger charge is -2.29. The molecule has 1 aromatic rings. The van der Waals surface area contributed by atoms with E-state index in [1.54, 1.807) is 0 Å². The summed E-state index contributed by atoms with van der Waals surface area (Å²) < 4.78 is 8.16. The van der Waals surface area contributed by atoms with E-state index in [0.717, 1.165) is 13.0 Å². The van der Waals surface area contributed by atoms with Crippen molar-refractivity contribution in [2.24, 2.45) is 12.5 Å². The number of aryl methyl sites for hydroxylation is 1. The summed E-state index contributed by atoms with van der Waals surface area (Å²) in [7, 11) is 2.11. The van der Waals surface area contributed by atoms with Gasteiger partial charge in [0.1, 0.15) is 7.05 Å². The van der Waals surface area contributed by atoms with Gasteiger partial charge in [-0.2, -0.15) is 0 Å². The Hall–Kier alpha value is -1.41. The topological polar surface area (TPSA) is 13.1 Å². The lowest BCUT2D eigenvalue weighted by Crippen LogP contribution is -2.33. The zero-order valence-electron chi connectivity index (χ0n) is 17.2. The Bertz CT molecular complexity index is 611. The predicted molar refractivity (Wildman–Crippen MR) is 104 cm³/mol. The third kappa shape index (κ3) is 6.24. The third-order valence-corrected chi connectivity index (χ3v) is 4.45. The second kappa shape index (κ2) is 8.11. The van der Waals surface area contributed by atoms with E-state index in [1.807, 2.05) is 0 Å². The van der Waals surface area contributed by atoms with Crippen molar-refractivity contribution in [2.45, 2.75) is 67.4 Å². The van der Waals surface area contributed by atoms with Gasteiger partial charge in [-0.05, 0) is 65.5 Å². The molecule has 2 heteroatoms. The van der Waals surface area contributed by atoms with Gasteiger partial charge in [0.05, 0.1) is 5.60 Å². The highest BCUT2D eigenvalue weighted by molar-refractivity contribution is 5.74. The van der Waals surface area contributed by atoms with Crippen molar-refractivity contribution in [1.29, 1.82) is 0 Å². The van der Waals surface area contributed by atoms with Crippen LogP contribution in [-0.4, -0.2) is 12.2 Å². The van der Waals surface area contributed by atoms with Gasteiger partial charge in [0.2, 0.25) is 5.69 Å². The predicted octanol–water partition coefficient (Wildman–Crippen LogP) is 5.48. The number of hydrogen-bond acceptors (Lipinski definition) is 1. The van der Waals surface area contributed by atoms with Gasteiger partial charge < -0.3 is 4.74 Å². The minimum atomic E-state index is -0.0810. The smallest absolute Gasteiger partial charge is 0.212 e. The van der Waals surface area contributed by atoms with Crippen LogP contribution in [0.15, 0.2) is 41.6 Å². The van der Waals surface area contributed by atoms with Crippen LogP contribution in [0.25, 0.3) is 5.57 Å². The maximum absolute atomic E-state index is 5.96. The van der Waals surface area contributed by atoms with Crippen molar-refractivity contribution in [1.82, 2.24) is 0 Å². The molecule has 0 aromatic carbocycles. The SMILES string of the molecule is CC(C)=C/C(=C(\C)C(C)(C)CCOC(C)(C)C)c1cccc[n+]1C. The molecule has 1 aromatic heterocycles. The molecule has 0 saturated carbocycles. The van der Waals surface area contributed by atoms with Gasteiger partial charge in [-0.15, -0.1) is 0 Å². The van der Waals surface area contributed by atoms with Crippen molar-refractivity contribution in [3.8, 4) is 0 Å². The number of rotatable bonds is 6. The lowest BCUT2D eigenvalue weighted by molar-refractivity contribution is -0.673. The first-order valence-electron chi connectivity index (χ1n) is 8.89. The first-order chi connectivity index (χ1) is 10.9. The number of aromatic nitrogens is 1. The van der Waals surface area contributed by atoms with Gasteiger partial charge >= 0.3 is 0 Å². The quantitative estimate of drug-likeness (QED) is 0.497. The molecule has 0 amide bonds. The fourth-order valence-electron chi connectivity index (χ4n) is 2.63. The second-order valence-electron chi connectivity index (χ2n) is 8.55. The highest BCUT2D eigenvalue weighted by Gasteiger charge is 2.26. The summed E-state index contributed by atoms with van der Waals surface area (Å²) in [5.74, 6) is 0. The zero-order valence-corrected chi connectivity index (χ0v) is 17.2. The Balaban J connectivity index is 3.22. The van der Waals surface area contributed by atoms with Gasteiger partial charge in [-0.25, -0.2) is 4.57 Å². The molecule has 0 fully saturated rings. The number of ether oxygens (including phenoxy) is 1. The van der Waals surface area contributed by atoms with Gasteiger partial charge in [-0.1, -0.05) is 25.0 Å². The number of hydrogen-bond donors (Lipinski definition) is 0. The van der Waals surface area contributed by atoms with Crippen molar-refractivity contribution < 1.29 is 9.30 Å². The molecule has 0 aliphatic heterocycles. The normalized spacial score (nSPS) is 13.5. The molecule has 0 radical (unpaired) electrons. The molecule has 0 spiro atoms. The minimum Gasteiger partial charge on any atom is -0.376 e. The average Bonchev–Trinajstić information content (AvgIpc) is 2.43. The molecule has 0 bridgehead atoms. The minimum absolute atomic E-state index is 0.0787. The molecule has 2 nitrogen and oxygen atoms in total. The molecule has 0 unspecified atom stereocenters. The van der Waals surface area contributed by atoms with E-state index in [-0.39, 0.29) is 11.0 Å². The van der Waals surface area contributed by atoms with E-state index < -0.39 is 0 Å². The first kappa shape index (κ1) is 20.6. The summed E-state index contributed by atoms with van der Waals surface area (Å²) in [4.78, 5) is 0. The average molecular weight is 331 g/mol. The third-order valence-electron chi connectivity index (χ3n) is 4.45. The van der Waals surface area contributed by atoms with Crippen molar-refractivity contribution >= 4 is 5.57 Å². The van der Waals surface area contributed by atoms with E-state index in [1.165, 1.54) is 22.4 Å². The van der Waals surface area contributed by atoms with Crippen molar-refractivity contribution in [2.75, 3.05) is 6.61 Å². The molecule has 0 N–H and O–H groups in total. The molecule has 1 rings (SSSR count). The van der Waals surface area contributed by atoms with Gasteiger partial charge in [0, 0.05) is 24.3 Å². The fraction of sp³-hybridized carbons (Fsp3) is 0.591. The zero-order chi connectivity index (χ0) is 18.5. The van der Waals surface area contributed by atoms with Gasteiger partial charge in [-0.3, -0.25) is 0 Å². The number of nitrogens with zero attached hydrogens (tertiary/aromatic N) is 1. The van der Waals surface area contributed by atoms with Gasteiger partial charge in [0.15, 0.2) is 6.20 Å². The summed E-state index contributed by atoms with van der Waals surface area (Å²) in [6.45, 7) is 18.3. The Morgan fingerprint density at radius 3 is 2.21 bits per heavy atom. The van der Waals surface area contributed by atoms with E-state index in [4.69, 9.17) is 4.74 Å². The highest BCUT2D eigenvalue weighted by atomic mass is 16.5. The molecule has 0 saturated heterocycles. The monoisotopic (exact) mass is 330 g/mol.